The Morgan fingerprint density at radius 3 is 2.90 bits per heavy atom. The van der Waals surface area contributed by atoms with Crippen LogP contribution >= 0.6 is 0 Å². The van der Waals surface area contributed by atoms with Crippen molar-refractivity contribution in [3.63, 3.8) is 0 Å². The first-order chi connectivity index (χ1) is 10.0. The molecule has 1 aliphatic rings. The number of piperidine rings is 1. The summed E-state index contributed by atoms with van der Waals surface area (Å²) in [5.41, 5.74) is 0.718. The van der Waals surface area contributed by atoms with E-state index in [0.29, 0.717) is 19.6 Å². The van der Waals surface area contributed by atoms with Gasteiger partial charge in [0, 0.05) is 43.9 Å². The van der Waals surface area contributed by atoms with Crippen LogP contribution in [-0.2, 0) is 4.79 Å². The maximum atomic E-state index is 11.5. The molecule has 1 fully saturated rings. The Morgan fingerprint density at radius 1 is 1.52 bits per heavy atom. The molecule has 114 valence electrons. The summed E-state index contributed by atoms with van der Waals surface area (Å²) >= 11 is 0. The van der Waals surface area contributed by atoms with Gasteiger partial charge < -0.3 is 15.0 Å². The molecule has 0 aliphatic carbocycles. The molecule has 7 heteroatoms. The normalized spacial score (nSPS) is 18.5. The number of anilines is 1. The number of hydrogen-bond acceptors (Lipinski definition) is 5. The van der Waals surface area contributed by atoms with Crippen LogP contribution in [0.1, 0.15) is 19.8 Å². The minimum absolute atomic E-state index is 0.0432. The number of likely N-dealkylation sites (N-methyl/N-ethyl adjacent to an activating group) is 1. The number of rotatable bonds is 5. The number of amides is 1. The van der Waals surface area contributed by atoms with Gasteiger partial charge in [-0.25, -0.2) is 0 Å². The van der Waals surface area contributed by atoms with E-state index in [9.17, 15) is 14.9 Å². The maximum absolute atomic E-state index is 11.5. The van der Waals surface area contributed by atoms with E-state index < -0.39 is 4.92 Å². The number of nitrogens with zero attached hydrogens (tertiary/aromatic N) is 2. The largest absolute Gasteiger partial charge is 0.487 e. The van der Waals surface area contributed by atoms with E-state index in [1.165, 1.54) is 6.07 Å². The summed E-state index contributed by atoms with van der Waals surface area (Å²) in [5, 5.41) is 14.2. The van der Waals surface area contributed by atoms with Gasteiger partial charge in [0.25, 0.3) is 0 Å². The Bertz CT molecular complexity index is 547. The van der Waals surface area contributed by atoms with Gasteiger partial charge in [-0.3, -0.25) is 14.9 Å². The highest BCUT2D eigenvalue weighted by Gasteiger charge is 2.23. The zero-order chi connectivity index (χ0) is 15.4. The first kappa shape index (κ1) is 15.1. The van der Waals surface area contributed by atoms with Crippen molar-refractivity contribution in [3.05, 3.63) is 28.3 Å². The number of benzene rings is 1. The van der Waals surface area contributed by atoms with Crippen LogP contribution < -0.4 is 10.1 Å². The Hall–Kier alpha value is -2.31. The Balaban J connectivity index is 2.11. The van der Waals surface area contributed by atoms with Crippen molar-refractivity contribution >= 4 is 17.3 Å². The van der Waals surface area contributed by atoms with Gasteiger partial charge in [-0.15, -0.1) is 0 Å². The van der Waals surface area contributed by atoms with Crippen LogP contribution in [-0.4, -0.2) is 42.0 Å². The molecular weight excluding hydrogens is 274 g/mol. The van der Waals surface area contributed by atoms with Crippen LogP contribution in [0.15, 0.2) is 18.2 Å². The molecule has 0 radical (unpaired) electrons. The molecule has 1 amide bonds. The van der Waals surface area contributed by atoms with Gasteiger partial charge >= 0.3 is 5.69 Å². The van der Waals surface area contributed by atoms with Gasteiger partial charge in [0.2, 0.25) is 5.91 Å². The summed E-state index contributed by atoms with van der Waals surface area (Å²) in [5.74, 6) is 0.402. The molecule has 1 atom stereocenters. The minimum Gasteiger partial charge on any atom is -0.487 e. The molecule has 0 aromatic heterocycles. The monoisotopic (exact) mass is 293 g/mol. The van der Waals surface area contributed by atoms with E-state index in [0.717, 1.165) is 12.1 Å². The third-order valence-corrected chi connectivity index (χ3v) is 3.45. The van der Waals surface area contributed by atoms with Gasteiger partial charge in [-0.05, 0) is 19.4 Å². The predicted octanol–water partition coefficient (Wildman–Crippen LogP) is 2.03. The molecule has 0 spiro atoms. The molecule has 1 aromatic carbocycles. The minimum atomic E-state index is -0.457. The zero-order valence-electron chi connectivity index (χ0n) is 12.2. The summed E-state index contributed by atoms with van der Waals surface area (Å²) in [4.78, 5) is 23.6. The summed E-state index contributed by atoms with van der Waals surface area (Å²) < 4.78 is 5.32. The third kappa shape index (κ3) is 3.62. The lowest BCUT2D eigenvalue weighted by Gasteiger charge is -2.30. The topological polar surface area (TPSA) is 84.7 Å². The second kappa shape index (κ2) is 6.43. The van der Waals surface area contributed by atoms with Gasteiger partial charge in [-0.2, -0.15) is 0 Å². The van der Waals surface area contributed by atoms with E-state index in [2.05, 4.69) is 5.32 Å². The standard InChI is InChI=1S/C14H19N3O4/c1-3-21-13-8-10(4-6-12(13)17(19)20)15-11-5-7-14(18)16(2)9-11/h4,6,8,11,15H,3,5,7,9H2,1-2H3. The van der Waals surface area contributed by atoms with Crippen LogP contribution in [0.5, 0.6) is 5.75 Å². The lowest BCUT2D eigenvalue weighted by Crippen LogP contribution is -2.43. The van der Waals surface area contributed by atoms with Crippen molar-refractivity contribution in [1.82, 2.24) is 4.90 Å². The number of nitro benzene ring substituents is 1. The highest BCUT2D eigenvalue weighted by Crippen LogP contribution is 2.30. The number of likely N-dealkylation sites (tertiary alicyclic amines) is 1. The lowest BCUT2D eigenvalue weighted by molar-refractivity contribution is -0.385. The molecule has 7 nitrogen and oxygen atoms in total. The highest BCUT2D eigenvalue weighted by molar-refractivity contribution is 5.77. The van der Waals surface area contributed by atoms with Crippen molar-refractivity contribution in [3.8, 4) is 5.75 Å². The number of nitro groups is 1. The van der Waals surface area contributed by atoms with Crippen molar-refractivity contribution in [2.45, 2.75) is 25.8 Å². The molecule has 1 heterocycles. The van der Waals surface area contributed by atoms with Crippen molar-refractivity contribution in [2.24, 2.45) is 0 Å². The molecule has 1 aromatic rings. The molecule has 0 bridgehead atoms. The van der Waals surface area contributed by atoms with Crippen molar-refractivity contribution < 1.29 is 14.5 Å². The molecule has 2 rings (SSSR count). The van der Waals surface area contributed by atoms with Crippen LogP contribution in [0.25, 0.3) is 0 Å². The molecular formula is C14H19N3O4. The van der Waals surface area contributed by atoms with E-state index in [1.807, 2.05) is 0 Å². The van der Waals surface area contributed by atoms with Gasteiger partial charge in [0.15, 0.2) is 5.75 Å². The fourth-order valence-electron chi connectivity index (χ4n) is 2.39. The summed E-state index contributed by atoms with van der Waals surface area (Å²) in [6.45, 7) is 2.77. The Morgan fingerprint density at radius 2 is 2.29 bits per heavy atom. The second-order valence-electron chi connectivity index (χ2n) is 5.03. The fraction of sp³-hybridized carbons (Fsp3) is 0.500. The van der Waals surface area contributed by atoms with Crippen molar-refractivity contribution in [1.29, 1.82) is 0 Å². The van der Waals surface area contributed by atoms with Crippen LogP contribution in [0.3, 0.4) is 0 Å². The maximum Gasteiger partial charge on any atom is 0.311 e. The summed E-state index contributed by atoms with van der Waals surface area (Å²) in [6.07, 6.45) is 1.27. The first-order valence-electron chi connectivity index (χ1n) is 6.93. The number of ether oxygens (including phenoxy) is 1. The van der Waals surface area contributed by atoms with E-state index in [-0.39, 0.29) is 23.4 Å². The average molecular weight is 293 g/mol. The number of nitrogens with one attached hydrogen (secondary N) is 1. The predicted molar refractivity (Wildman–Crippen MR) is 78.5 cm³/mol. The summed E-state index contributed by atoms with van der Waals surface area (Å²) in [7, 11) is 1.78. The van der Waals surface area contributed by atoms with E-state index in [4.69, 9.17) is 4.74 Å². The smallest absolute Gasteiger partial charge is 0.311 e. The first-order valence-corrected chi connectivity index (χ1v) is 6.93. The van der Waals surface area contributed by atoms with Crippen LogP contribution in [0, 0.1) is 10.1 Å². The SMILES string of the molecule is CCOc1cc(NC2CCC(=O)N(C)C2)ccc1[N+](=O)[O-]. The highest BCUT2D eigenvalue weighted by atomic mass is 16.6. The van der Waals surface area contributed by atoms with Gasteiger partial charge in [-0.1, -0.05) is 0 Å². The molecule has 21 heavy (non-hydrogen) atoms. The van der Waals surface area contributed by atoms with Gasteiger partial charge in [0.1, 0.15) is 0 Å². The summed E-state index contributed by atoms with van der Waals surface area (Å²) in [6, 6.07) is 4.88. The van der Waals surface area contributed by atoms with E-state index in [1.54, 1.807) is 31.0 Å². The molecule has 1 saturated heterocycles. The van der Waals surface area contributed by atoms with Crippen molar-refractivity contribution in [2.75, 3.05) is 25.5 Å². The van der Waals surface area contributed by atoms with Gasteiger partial charge in [0.05, 0.1) is 11.5 Å². The van der Waals surface area contributed by atoms with Crippen LogP contribution in [0.4, 0.5) is 11.4 Å². The average Bonchev–Trinajstić information content (AvgIpc) is 2.43. The Labute approximate surface area is 123 Å². The molecule has 0 saturated carbocycles. The lowest BCUT2D eigenvalue weighted by atomic mass is 10.1. The molecule has 1 N–H and O–H groups in total. The van der Waals surface area contributed by atoms with E-state index >= 15 is 0 Å². The Kier molecular flexibility index (Phi) is 4.62. The number of carbonyl (C=O) groups is 1. The molecule has 1 unspecified atom stereocenters. The molecule has 1 aliphatic heterocycles. The quantitative estimate of drug-likeness (QED) is 0.663. The second-order valence-corrected chi connectivity index (χ2v) is 5.03. The third-order valence-electron chi connectivity index (χ3n) is 3.45. The number of carbonyl (C=O) groups excluding carboxylic acids is 1. The number of hydrogen-bond donors (Lipinski definition) is 1. The zero-order valence-corrected chi connectivity index (χ0v) is 12.2. The fourth-order valence-corrected chi connectivity index (χ4v) is 2.39. The van der Waals surface area contributed by atoms with Crippen LogP contribution in [0.2, 0.25) is 0 Å².